The molecule has 1 N–H and O–H groups in total. The Morgan fingerprint density at radius 2 is 1.76 bits per heavy atom. The van der Waals surface area contributed by atoms with Crippen LogP contribution < -0.4 is 10.2 Å². The van der Waals surface area contributed by atoms with E-state index >= 15 is 0 Å². The third-order valence-electron chi connectivity index (χ3n) is 6.18. The van der Waals surface area contributed by atoms with Gasteiger partial charge in [0, 0.05) is 65.0 Å². The average Bonchev–Trinajstić information content (AvgIpc) is 2.86. The number of pyridine rings is 1. The molecule has 7 nitrogen and oxygen atoms in total. The molecule has 0 atom stereocenters. The minimum absolute atomic E-state index is 0. The summed E-state index contributed by atoms with van der Waals surface area (Å²) < 4.78 is 0. The molecule has 1 fully saturated rings. The van der Waals surface area contributed by atoms with E-state index in [1.54, 1.807) is 0 Å². The fourth-order valence-corrected chi connectivity index (χ4v) is 4.40. The number of amides is 1. The zero-order valence-corrected chi connectivity index (χ0v) is 21.8. The first-order valence-electron chi connectivity index (χ1n) is 11.8. The van der Waals surface area contributed by atoms with E-state index in [1.807, 2.05) is 23.2 Å². The molecule has 0 spiro atoms. The molecule has 2 aliphatic heterocycles. The van der Waals surface area contributed by atoms with E-state index in [9.17, 15) is 4.79 Å². The summed E-state index contributed by atoms with van der Waals surface area (Å²) in [7, 11) is 0. The van der Waals surface area contributed by atoms with Gasteiger partial charge in [0.1, 0.15) is 5.82 Å². The van der Waals surface area contributed by atoms with Gasteiger partial charge in [-0.15, -0.1) is 24.0 Å². The van der Waals surface area contributed by atoms with Gasteiger partial charge in [-0.2, -0.15) is 0 Å². The molecule has 4 rings (SSSR count). The molecule has 1 aromatic heterocycles. The summed E-state index contributed by atoms with van der Waals surface area (Å²) >= 11 is 0. The van der Waals surface area contributed by atoms with Gasteiger partial charge in [0.2, 0.25) is 5.91 Å². The Balaban J connectivity index is 0.00000306. The lowest BCUT2D eigenvalue weighted by Gasteiger charge is -2.37. The number of nitrogens with zero attached hydrogens (tertiary/aromatic N) is 5. The predicted molar refractivity (Wildman–Crippen MR) is 144 cm³/mol. The fraction of sp³-hybridized carbons (Fsp3) is 0.480. The van der Waals surface area contributed by atoms with Gasteiger partial charge in [-0.25, -0.2) is 4.98 Å². The molecule has 3 heterocycles. The third-order valence-corrected chi connectivity index (χ3v) is 6.18. The highest BCUT2D eigenvalue weighted by Crippen LogP contribution is 2.19. The number of aromatic nitrogens is 1. The minimum Gasteiger partial charge on any atom is -0.357 e. The Hall–Kier alpha value is -2.36. The number of anilines is 1. The number of fused-ring (bicyclic) bond motifs is 1. The van der Waals surface area contributed by atoms with E-state index in [0.717, 1.165) is 70.4 Å². The number of piperazine rings is 1. The molecule has 1 saturated heterocycles. The first-order chi connectivity index (χ1) is 15.7. The van der Waals surface area contributed by atoms with E-state index in [2.05, 4.69) is 57.4 Å². The molecule has 33 heavy (non-hydrogen) atoms. The van der Waals surface area contributed by atoms with Gasteiger partial charge in [-0.3, -0.25) is 9.79 Å². The van der Waals surface area contributed by atoms with Gasteiger partial charge in [0.15, 0.2) is 5.96 Å². The van der Waals surface area contributed by atoms with Crippen LogP contribution in [0.1, 0.15) is 30.9 Å². The molecule has 0 radical (unpaired) electrons. The Morgan fingerprint density at radius 3 is 2.48 bits per heavy atom. The van der Waals surface area contributed by atoms with Crippen LogP contribution in [-0.2, 0) is 17.8 Å². The molecular formula is C25H35IN6O. The van der Waals surface area contributed by atoms with E-state index in [4.69, 9.17) is 4.99 Å². The number of hydrogen-bond donors (Lipinski definition) is 1. The minimum atomic E-state index is 0. The summed E-state index contributed by atoms with van der Waals surface area (Å²) in [6, 6.07) is 14.5. The van der Waals surface area contributed by atoms with Crippen molar-refractivity contribution in [2.24, 2.45) is 4.99 Å². The van der Waals surface area contributed by atoms with Crippen LogP contribution in [0.2, 0.25) is 0 Å². The van der Waals surface area contributed by atoms with Crippen molar-refractivity contribution in [2.75, 3.05) is 50.7 Å². The standard InChI is InChI=1S/C25H34N6O.HI/c1-2-26-25(30-18-16-29(17-19-30)23-10-5-6-13-27-23)28-14-7-11-24(32)31-15-12-21-8-3-4-9-22(21)20-31;/h3-6,8-10,13H,2,7,11-12,14-20H2,1H3,(H,26,28);1H. The Bertz CT molecular complexity index is 914. The summed E-state index contributed by atoms with van der Waals surface area (Å²) in [5.41, 5.74) is 2.66. The van der Waals surface area contributed by atoms with Crippen LogP contribution in [0.5, 0.6) is 0 Å². The zero-order chi connectivity index (χ0) is 22.2. The van der Waals surface area contributed by atoms with Crippen molar-refractivity contribution in [2.45, 2.75) is 32.7 Å². The van der Waals surface area contributed by atoms with Gasteiger partial charge in [-0.1, -0.05) is 30.3 Å². The summed E-state index contributed by atoms with van der Waals surface area (Å²) in [4.78, 5) is 28.6. The normalized spacial score (nSPS) is 16.2. The molecule has 8 heteroatoms. The summed E-state index contributed by atoms with van der Waals surface area (Å²) in [6.45, 7) is 8.83. The maximum Gasteiger partial charge on any atom is 0.222 e. The number of carbonyl (C=O) groups is 1. The molecule has 0 bridgehead atoms. The van der Waals surface area contributed by atoms with Crippen LogP contribution in [-0.4, -0.2) is 72.5 Å². The number of halogens is 1. The van der Waals surface area contributed by atoms with E-state index in [1.165, 1.54) is 11.1 Å². The van der Waals surface area contributed by atoms with Gasteiger partial charge in [0.25, 0.3) is 0 Å². The Labute approximate surface area is 214 Å². The summed E-state index contributed by atoms with van der Waals surface area (Å²) in [6.07, 6.45) is 4.13. The number of aliphatic imine (C=N–C) groups is 1. The second-order valence-corrected chi connectivity index (χ2v) is 8.34. The lowest BCUT2D eigenvalue weighted by molar-refractivity contribution is -0.132. The first-order valence-corrected chi connectivity index (χ1v) is 11.8. The van der Waals surface area contributed by atoms with Gasteiger partial charge in [0.05, 0.1) is 0 Å². The van der Waals surface area contributed by atoms with Crippen molar-refractivity contribution in [3.8, 4) is 0 Å². The zero-order valence-electron chi connectivity index (χ0n) is 19.4. The van der Waals surface area contributed by atoms with Crippen LogP contribution in [0, 0.1) is 0 Å². The van der Waals surface area contributed by atoms with Gasteiger partial charge < -0.3 is 20.0 Å². The highest BCUT2D eigenvalue weighted by Gasteiger charge is 2.21. The van der Waals surface area contributed by atoms with Crippen LogP contribution >= 0.6 is 24.0 Å². The largest absolute Gasteiger partial charge is 0.357 e. The number of nitrogens with one attached hydrogen (secondary N) is 1. The van der Waals surface area contributed by atoms with Gasteiger partial charge >= 0.3 is 0 Å². The monoisotopic (exact) mass is 562 g/mol. The predicted octanol–water partition coefficient (Wildman–Crippen LogP) is 3.15. The molecular weight excluding hydrogens is 527 g/mol. The van der Waals surface area contributed by atoms with Crippen LogP contribution in [0.25, 0.3) is 0 Å². The van der Waals surface area contributed by atoms with Crippen molar-refractivity contribution in [3.63, 3.8) is 0 Å². The lowest BCUT2D eigenvalue weighted by Crippen LogP contribution is -2.52. The van der Waals surface area contributed by atoms with Crippen molar-refractivity contribution < 1.29 is 4.79 Å². The first kappa shape index (κ1) is 25.3. The average molecular weight is 563 g/mol. The van der Waals surface area contributed by atoms with Crippen LogP contribution in [0.4, 0.5) is 5.82 Å². The molecule has 1 aromatic carbocycles. The molecule has 1 amide bonds. The van der Waals surface area contributed by atoms with Crippen molar-refractivity contribution in [3.05, 3.63) is 59.8 Å². The van der Waals surface area contributed by atoms with Crippen LogP contribution in [0.3, 0.4) is 0 Å². The number of guanidine groups is 1. The maximum atomic E-state index is 12.7. The highest BCUT2D eigenvalue weighted by molar-refractivity contribution is 14.0. The third kappa shape index (κ3) is 6.82. The topological polar surface area (TPSA) is 64.1 Å². The quantitative estimate of drug-likeness (QED) is 0.254. The SMILES string of the molecule is CCNC(=NCCCC(=O)N1CCc2ccccc2C1)N1CCN(c2ccccn2)CC1.I. The van der Waals surface area contributed by atoms with Crippen molar-refractivity contribution in [1.29, 1.82) is 0 Å². The number of benzene rings is 1. The van der Waals surface area contributed by atoms with Crippen LogP contribution in [0.15, 0.2) is 53.7 Å². The molecule has 0 saturated carbocycles. The van der Waals surface area contributed by atoms with Crippen molar-refractivity contribution in [1.82, 2.24) is 20.1 Å². The maximum absolute atomic E-state index is 12.7. The van der Waals surface area contributed by atoms with E-state index in [-0.39, 0.29) is 29.9 Å². The highest BCUT2D eigenvalue weighted by atomic mass is 127. The Kier molecular flexibility index (Phi) is 9.77. The second kappa shape index (κ2) is 12.8. The smallest absolute Gasteiger partial charge is 0.222 e. The number of rotatable bonds is 6. The molecule has 2 aliphatic rings. The number of hydrogen-bond acceptors (Lipinski definition) is 4. The summed E-state index contributed by atoms with van der Waals surface area (Å²) in [5.74, 6) is 2.23. The van der Waals surface area contributed by atoms with E-state index < -0.39 is 0 Å². The molecule has 0 unspecified atom stereocenters. The molecule has 0 aliphatic carbocycles. The van der Waals surface area contributed by atoms with Gasteiger partial charge in [-0.05, 0) is 43.0 Å². The molecule has 178 valence electrons. The summed E-state index contributed by atoms with van der Waals surface area (Å²) in [5, 5.41) is 3.42. The van der Waals surface area contributed by atoms with E-state index in [0.29, 0.717) is 13.0 Å². The number of carbonyl (C=O) groups excluding carboxylic acids is 1. The lowest BCUT2D eigenvalue weighted by atomic mass is 9.99. The Morgan fingerprint density at radius 1 is 1.00 bits per heavy atom. The van der Waals surface area contributed by atoms with Crippen molar-refractivity contribution >= 4 is 41.7 Å². The second-order valence-electron chi connectivity index (χ2n) is 8.34. The molecule has 2 aromatic rings. The fourth-order valence-electron chi connectivity index (χ4n) is 4.40.